The second kappa shape index (κ2) is 10.7. The van der Waals surface area contributed by atoms with Crippen LogP contribution in [-0.2, 0) is 18.5 Å². The maximum Gasteiger partial charge on any atom is 0.184 e. The quantitative estimate of drug-likeness (QED) is 0.180. The molecule has 8 heteroatoms. The molecular formula is C29H54N2O4Si2. The predicted octanol–water partition coefficient (Wildman–Crippen LogP) is 7.33. The zero-order chi connectivity index (χ0) is 27.2. The average Bonchev–Trinajstić information content (AvgIpc) is 3.11. The molecule has 0 aromatic heterocycles. The maximum atomic E-state index is 7.20. The number of fused-ring (bicyclic) bond motifs is 5. The summed E-state index contributed by atoms with van der Waals surface area (Å²) < 4.78 is 13.6. The zero-order valence-corrected chi connectivity index (χ0v) is 27.4. The monoisotopic (exact) mass is 550 g/mol. The van der Waals surface area contributed by atoms with Crippen molar-refractivity contribution in [3.05, 3.63) is 0 Å². The van der Waals surface area contributed by atoms with Gasteiger partial charge in [0.05, 0.1) is 18.0 Å². The minimum atomic E-state index is -1.74. The molecular weight excluding hydrogens is 497 g/mol. The summed E-state index contributed by atoms with van der Waals surface area (Å²) in [4.78, 5) is 10.6. The van der Waals surface area contributed by atoms with Gasteiger partial charge in [-0.1, -0.05) is 24.2 Å². The van der Waals surface area contributed by atoms with Crippen molar-refractivity contribution in [1.82, 2.24) is 0 Å². The van der Waals surface area contributed by atoms with E-state index in [-0.39, 0.29) is 5.41 Å². The Morgan fingerprint density at radius 3 is 2.27 bits per heavy atom. The minimum absolute atomic E-state index is 0.173. The molecule has 0 heterocycles. The molecule has 6 nitrogen and oxygen atoms in total. The SMILES string of the molecule is CO/N=C1/CC[C@@]2(C)[C@@H](CC[C@@H]3[C@@H]2[C@@H](O[Si](C)(C)C)C[C@]2(C)[C@@H](/C(CO[Si](C)(C)C)=N/OC)CC[C@@H]32)C1. The third-order valence-electron chi connectivity index (χ3n) is 10.4. The average molecular weight is 551 g/mol. The van der Waals surface area contributed by atoms with E-state index < -0.39 is 16.6 Å². The van der Waals surface area contributed by atoms with Crippen LogP contribution < -0.4 is 0 Å². The van der Waals surface area contributed by atoms with Gasteiger partial charge in [0.15, 0.2) is 16.6 Å². The first-order valence-corrected chi connectivity index (χ1v) is 21.5. The van der Waals surface area contributed by atoms with Gasteiger partial charge in [0.25, 0.3) is 0 Å². The lowest BCUT2D eigenvalue weighted by molar-refractivity contribution is -0.153. The van der Waals surface area contributed by atoms with Crippen molar-refractivity contribution in [2.45, 2.75) is 111 Å². The first-order chi connectivity index (χ1) is 17.2. The Balaban J connectivity index is 1.68. The first-order valence-electron chi connectivity index (χ1n) is 14.7. The maximum absolute atomic E-state index is 7.20. The van der Waals surface area contributed by atoms with Gasteiger partial charge in [-0.3, -0.25) is 0 Å². The van der Waals surface area contributed by atoms with Crippen molar-refractivity contribution >= 4 is 28.1 Å². The highest BCUT2D eigenvalue weighted by Crippen LogP contribution is 2.68. The van der Waals surface area contributed by atoms with Crippen molar-refractivity contribution in [3.63, 3.8) is 0 Å². The molecule has 0 aromatic carbocycles. The topological polar surface area (TPSA) is 61.6 Å². The molecule has 212 valence electrons. The molecule has 0 aromatic rings. The molecule has 0 saturated heterocycles. The van der Waals surface area contributed by atoms with Crippen LogP contribution in [0.2, 0.25) is 39.3 Å². The number of nitrogens with zero attached hydrogens (tertiary/aromatic N) is 2. The standard InChI is InChI=1S/C29H54N2O4Si2/c1-28-16-15-21(30-32-3)17-20(28)11-12-22-23-13-14-24(25(31-33-4)19-34-36(5,6)7)29(23,2)18-26(27(22)28)35-37(8,9)10/h20,22-24,26-27H,11-19H2,1-10H3/b30-21-,31-25+/t20-,22-,23-,24+,26-,27+,28-,29-/m0/s1. The summed E-state index contributed by atoms with van der Waals surface area (Å²) in [7, 11) is -0.0237. The molecule has 4 rings (SSSR count). The molecule has 0 unspecified atom stereocenters. The third-order valence-corrected chi connectivity index (χ3v) is 12.4. The van der Waals surface area contributed by atoms with Crippen LogP contribution in [-0.4, -0.2) is 55.0 Å². The Morgan fingerprint density at radius 2 is 1.65 bits per heavy atom. The molecule has 0 amide bonds. The smallest absolute Gasteiger partial charge is 0.184 e. The minimum Gasteiger partial charge on any atom is -0.414 e. The highest BCUT2D eigenvalue weighted by molar-refractivity contribution is 6.70. The molecule has 4 saturated carbocycles. The van der Waals surface area contributed by atoms with Crippen LogP contribution in [0, 0.1) is 40.4 Å². The van der Waals surface area contributed by atoms with Crippen molar-refractivity contribution < 1.29 is 18.5 Å². The van der Waals surface area contributed by atoms with Crippen LogP contribution in [0.3, 0.4) is 0 Å². The Labute approximate surface area is 228 Å². The van der Waals surface area contributed by atoms with Crippen molar-refractivity contribution in [2.24, 2.45) is 50.7 Å². The lowest BCUT2D eigenvalue weighted by Crippen LogP contribution is -2.61. The Bertz CT molecular complexity index is 882. The normalized spacial score (nSPS) is 41.7. The number of hydrogen-bond donors (Lipinski definition) is 0. The number of hydrogen-bond acceptors (Lipinski definition) is 6. The summed E-state index contributed by atoms with van der Waals surface area (Å²) in [5.41, 5.74) is 2.87. The van der Waals surface area contributed by atoms with Gasteiger partial charge < -0.3 is 18.5 Å². The van der Waals surface area contributed by atoms with E-state index >= 15 is 0 Å². The molecule has 0 radical (unpaired) electrons. The summed E-state index contributed by atoms with van der Waals surface area (Å²) >= 11 is 0. The molecule has 8 atom stereocenters. The van der Waals surface area contributed by atoms with E-state index in [9.17, 15) is 0 Å². The Hall–Kier alpha value is -0.706. The number of oxime groups is 2. The summed E-state index contributed by atoms with van der Waals surface area (Å²) in [6.45, 7) is 19.6. The van der Waals surface area contributed by atoms with Gasteiger partial charge in [0.2, 0.25) is 0 Å². The highest BCUT2D eigenvalue weighted by Gasteiger charge is 2.64. The van der Waals surface area contributed by atoms with E-state index in [0.29, 0.717) is 47.7 Å². The molecule has 0 bridgehead atoms. The van der Waals surface area contributed by atoms with Crippen molar-refractivity contribution in [2.75, 3.05) is 20.8 Å². The van der Waals surface area contributed by atoms with Gasteiger partial charge in [0, 0.05) is 12.0 Å². The van der Waals surface area contributed by atoms with Crippen LogP contribution in [0.1, 0.15) is 65.2 Å². The van der Waals surface area contributed by atoms with Gasteiger partial charge in [-0.2, -0.15) is 0 Å². The largest absolute Gasteiger partial charge is 0.414 e. The van der Waals surface area contributed by atoms with Crippen LogP contribution in [0.25, 0.3) is 0 Å². The molecule has 0 N–H and O–H groups in total. The second-order valence-electron chi connectivity index (χ2n) is 14.9. The van der Waals surface area contributed by atoms with Gasteiger partial charge >= 0.3 is 0 Å². The van der Waals surface area contributed by atoms with E-state index in [1.165, 1.54) is 37.8 Å². The Morgan fingerprint density at radius 1 is 0.919 bits per heavy atom. The van der Waals surface area contributed by atoms with Crippen molar-refractivity contribution in [1.29, 1.82) is 0 Å². The lowest BCUT2D eigenvalue weighted by atomic mass is 9.44. The van der Waals surface area contributed by atoms with E-state index in [0.717, 1.165) is 25.0 Å². The molecule has 4 fully saturated rings. The third kappa shape index (κ3) is 5.92. The molecule has 37 heavy (non-hydrogen) atoms. The van der Waals surface area contributed by atoms with Gasteiger partial charge in [-0.05, 0) is 125 Å². The summed E-state index contributed by atoms with van der Waals surface area (Å²) in [6, 6.07) is 0. The fraction of sp³-hybridized carbons (Fsp3) is 0.931. The van der Waals surface area contributed by atoms with E-state index in [2.05, 4.69) is 63.4 Å². The van der Waals surface area contributed by atoms with E-state index in [1.54, 1.807) is 14.2 Å². The zero-order valence-electron chi connectivity index (χ0n) is 25.4. The predicted molar refractivity (Wildman–Crippen MR) is 157 cm³/mol. The summed E-state index contributed by atoms with van der Waals surface area (Å²) in [5.74, 6) is 3.14. The van der Waals surface area contributed by atoms with Gasteiger partial charge in [-0.25, -0.2) is 0 Å². The number of rotatable bonds is 8. The molecule has 0 aliphatic heterocycles. The second-order valence-corrected chi connectivity index (χ2v) is 23.9. The molecule has 0 spiro atoms. The summed E-state index contributed by atoms with van der Waals surface area (Å²) in [5, 5.41) is 9.00. The molecule has 4 aliphatic rings. The fourth-order valence-electron chi connectivity index (χ4n) is 9.07. The Kier molecular flexibility index (Phi) is 8.46. The summed E-state index contributed by atoms with van der Waals surface area (Å²) in [6.07, 6.45) is 9.89. The van der Waals surface area contributed by atoms with E-state index in [1.807, 2.05) is 0 Å². The fourth-order valence-corrected chi connectivity index (χ4v) is 10.8. The lowest BCUT2D eigenvalue weighted by Gasteiger charge is -2.63. The molecule has 4 aliphatic carbocycles. The van der Waals surface area contributed by atoms with Crippen LogP contribution in [0.5, 0.6) is 0 Å². The van der Waals surface area contributed by atoms with Gasteiger partial charge in [-0.15, -0.1) is 0 Å². The van der Waals surface area contributed by atoms with Crippen LogP contribution in [0.4, 0.5) is 0 Å². The van der Waals surface area contributed by atoms with E-state index in [4.69, 9.17) is 18.5 Å². The van der Waals surface area contributed by atoms with Crippen LogP contribution >= 0.6 is 0 Å². The van der Waals surface area contributed by atoms with Crippen LogP contribution in [0.15, 0.2) is 10.3 Å². The van der Waals surface area contributed by atoms with Gasteiger partial charge in [0.1, 0.15) is 14.2 Å². The highest BCUT2D eigenvalue weighted by atomic mass is 28.4. The first kappa shape index (κ1) is 29.3. The van der Waals surface area contributed by atoms with Crippen molar-refractivity contribution in [3.8, 4) is 0 Å².